The Kier molecular flexibility index (Phi) is 6.63. The summed E-state index contributed by atoms with van der Waals surface area (Å²) in [6, 6.07) is 6.37. The first-order valence-electron chi connectivity index (χ1n) is 9.05. The van der Waals surface area contributed by atoms with Gasteiger partial charge in [-0.2, -0.15) is 0 Å². The van der Waals surface area contributed by atoms with Crippen molar-refractivity contribution in [3.8, 4) is 5.69 Å². The number of piperazine rings is 1. The molecule has 0 atom stereocenters. The van der Waals surface area contributed by atoms with Gasteiger partial charge in [0.1, 0.15) is 12.1 Å². The van der Waals surface area contributed by atoms with Crippen molar-refractivity contribution in [2.24, 2.45) is 0 Å². The van der Waals surface area contributed by atoms with E-state index >= 15 is 0 Å². The number of nitrogens with one attached hydrogen (secondary N) is 1. The van der Waals surface area contributed by atoms with Crippen LogP contribution >= 0.6 is 11.8 Å². The maximum Gasteiger partial charge on any atom is 0.277 e. The zero-order chi connectivity index (χ0) is 20.1. The molecule has 2 amide bonds. The summed E-state index contributed by atoms with van der Waals surface area (Å²) >= 11 is 1.24. The van der Waals surface area contributed by atoms with Crippen LogP contribution in [0.15, 0.2) is 35.7 Å². The number of para-hydroxylation sites is 1. The number of hydrogen-bond donors (Lipinski definition) is 1. The maximum absolute atomic E-state index is 14.0. The standard InChI is InChI=1S/C18H23FN6O2S/c1-22(2)16(26)11-23-7-9-24(10-8-23)17(27)12-28-18-21-20-13-25(18)15-6-4-3-5-14(15)19/h3-6,13H,7-12H2,1-2H3/p+1. The van der Waals surface area contributed by atoms with Gasteiger partial charge < -0.3 is 14.7 Å². The molecular weight excluding hydrogens is 383 g/mol. The molecule has 8 nitrogen and oxygen atoms in total. The quantitative estimate of drug-likeness (QED) is 0.642. The summed E-state index contributed by atoms with van der Waals surface area (Å²) in [5.74, 6) is -0.0650. The van der Waals surface area contributed by atoms with Gasteiger partial charge in [0.15, 0.2) is 11.7 Å². The average molecular weight is 407 g/mol. The van der Waals surface area contributed by atoms with E-state index in [1.165, 1.54) is 29.1 Å². The highest BCUT2D eigenvalue weighted by atomic mass is 32.2. The number of aromatic nitrogens is 3. The SMILES string of the molecule is CN(C)C(=O)C[NH+]1CCN(C(=O)CSc2nncn2-c2ccccc2F)CC1. The van der Waals surface area contributed by atoms with Crippen LogP contribution in [0.2, 0.25) is 0 Å². The fourth-order valence-electron chi connectivity index (χ4n) is 2.97. The number of carbonyl (C=O) groups excluding carboxylic acids is 2. The van der Waals surface area contributed by atoms with E-state index in [9.17, 15) is 14.0 Å². The van der Waals surface area contributed by atoms with Crippen molar-refractivity contribution in [2.45, 2.75) is 5.16 Å². The smallest absolute Gasteiger partial charge is 0.277 e. The Morgan fingerprint density at radius 1 is 1.25 bits per heavy atom. The van der Waals surface area contributed by atoms with Gasteiger partial charge in [-0.1, -0.05) is 23.9 Å². The molecule has 2 aromatic rings. The molecule has 0 unspecified atom stereocenters. The lowest BCUT2D eigenvalue weighted by molar-refractivity contribution is -0.896. The van der Waals surface area contributed by atoms with Gasteiger partial charge in [-0.05, 0) is 12.1 Å². The topological polar surface area (TPSA) is 75.8 Å². The fraction of sp³-hybridized carbons (Fsp3) is 0.444. The van der Waals surface area contributed by atoms with Gasteiger partial charge in [-0.3, -0.25) is 14.2 Å². The molecule has 0 spiro atoms. The summed E-state index contributed by atoms with van der Waals surface area (Å²) in [6.45, 7) is 3.20. The average Bonchev–Trinajstić information content (AvgIpc) is 3.15. The highest BCUT2D eigenvalue weighted by Crippen LogP contribution is 2.21. The van der Waals surface area contributed by atoms with Gasteiger partial charge in [-0.25, -0.2) is 4.39 Å². The van der Waals surface area contributed by atoms with E-state index < -0.39 is 0 Å². The molecule has 1 aliphatic rings. The van der Waals surface area contributed by atoms with Crippen LogP contribution in [0.3, 0.4) is 0 Å². The van der Waals surface area contributed by atoms with Crippen molar-refractivity contribution < 1.29 is 18.9 Å². The zero-order valence-electron chi connectivity index (χ0n) is 16.0. The third-order valence-corrected chi connectivity index (χ3v) is 5.60. The first-order chi connectivity index (χ1) is 13.5. The lowest BCUT2D eigenvalue weighted by Crippen LogP contribution is -3.15. The van der Waals surface area contributed by atoms with E-state index in [1.807, 2.05) is 0 Å². The summed E-state index contributed by atoms with van der Waals surface area (Å²) in [4.78, 5) is 28.9. The number of carbonyl (C=O) groups is 2. The van der Waals surface area contributed by atoms with E-state index in [2.05, 4.69) is 10.2 Å². The summed E-state index contributed by atoms with van der Waals surface area (Å²) in [7, 11) is 3.50. The van der Waals surface area contributed by atoms with Crippen molar-refractivity contribution in [2.75, 3.05) is 52.6 Å². The number of halogens is 1. The van der Waals surface area contributed by atoms with Gasteiger partial charge in [-0.15, -0.1) is 10.2 Å². The molecule has 10 heteroatoms. The third kappa shape index (κ3) is 4.87. The number of hydrogen-bond acceptors (Lipinski definition) is 5. The Morgan fingerprint density at radius 3 is 2.64 bits per heavy atom. The Bertz CT molecular complexity index is 835. The molecule has 150 valence electrons. The number of nitrogens with zero attached hydrogens (tertiary/aromatic N) is 5. The lowest BCUT2D eigenvalue weighted by atomic mass is 10.3. The van der Waals surface area contributed by atoms with Gasteiger partial charge in [0, 0.05) is 14.1 Å². The molecular formula is C18H24FN6O2S+. The van der Waals surface area contributed by atoms with Crippen molar-refractivity contribution in [3.63, 3.8) is 0 Å². The van der Waals surface area contributed by atoms with E-state index in [-0.39, 0.29) is 23.4 Å². The summed E-state index contributed by atoms with van der Waals surface area (Å²) in [5.41, 5.74) is 0.352. The van der Waals surface area contributed by atoms with E-state index in [0.717, 1.165) is 13.1 Å². The summed E-state index contributed by atoms with van der Waals surface area (Å²) < 4.78 is 15.6. The molecule has 1 aliphatic heterocycles. The minimum absolute atomic E-state index is 0.00562. The zero-order valence-corrected chi connectivity index (χ0v) is 16.8. The molecule has 1 saturated heterocycles. The number of likely N-dealkylation sites (N-methyl/N-ethyl adjacent to an activating group) is 1. The minimum Gasteiger partial charge on any atom is -0.344 e. The van der Waals surface area contributed by atoms with Gasteiger partial charge in [0.05, 0.1) is 37.6 Å². The second kappa shape index (κ2) is 9.16. The largest absolute Gasteiger partial charge is 0.344 e. The van der Waals surface area contributed by atoms with Crippen LogP contribution in [-0.2, 0) is 9.59 Å². The number of quaternary nitrogens is 1. The van der Waals surface area contributed by atoms with Crippen LogP contribution in [0.4, 0.5) is 4.39 Å². The second-order valence-electron chi connectivity index (χ2n) is 6.82. The summed E-state index contributed by atoms with van der Waals surface area (Å²) in [6.07, 6.45) is 1.44. The molecule has 3 rings (SSSR count). The van der Waals surface area contributed by atoms with Crippen molar-refractivity contribution in [3.05, 3.63) is 36.4 Å². The van der Waals surface area contributed by atoms with Crippen LogP contribution in [0.25, 0.3) is 5.69 Å². The predicted octanol–water partition coefficient (Wildman–Crippen LogP) is -0.686. The van der Waals surface area contributed by atoms with Gasteiger partial charge >= 0.3 is 0 Å². The molecule has 1 fully saturated rings. The molecule has 28 heavy (non-hydrogen) atoms. The van der Waals surface area contributed by atoms with Crippen molar-refractivity contribution in [1.29, 1.82) is 0 Å². The molecule has 1 aromatic heterocycles. The molecule has 0 aliphatic carbocycles. The highest BCUT2D eigenvalue weighted by molar-refractivity contribution is 7.99. The van der Waals surface area contributed by atoms with Crippen LogP contribution in [-0.4, -0.2) is 89.0 Å². The molecule has 1 N–H and O–H groups in total. The lowest BCUT2D eigenvalue weighted by Gasteiger charge is -2.32. The first-order valence-corrected chi connectivity index (χ1v) is 10.0. The molecule has 0 saturated carbocycles. The Balaban J connectivity index is 1.52. The summed E-state index contributed by atoms with van der Waals surface area (Å²) in [5, 5.41) is 8.32. The van der Waals surface area contributed by atoms with Gasteiger partial charge in [0.25, 0.3) is 5.91 Å². The molecule has 2 heterocycles. The van der Waals surface area contributed by atoms with Gasteiger partial charge in [0.2, 0.25) is 5.91 Å². The van der Waals surface area contributed by atoms with E-state index in [0.29, 0.717) is 30.5 Å². The first kappa shape index (κ1) is 20.3. The van der Waals surface area contributed by atoms with Crippen LogP contribution < -0.4 is 4.90 Å². The van der Waals surface area contributed by atoms with Crippen LogP contribution in [0.5, 0.6) is 0 Å². The number of thioether (sulfide) groups is 1. The predicted molar refractivity (Wildman–Crippen MR) is 103 cm³/mol. The number of benzene rings is 1. The number of rotatable bonds is 6. The third-order valence-electron chi connectivity index (χ3n) is 4.68. The maximum atomic E-state index is 14.0. The Labute approximate surface area is 167 Å². The van der Waals surface area contributed by atoms with E-state index in [1.54, 1.807) is 46.7 Å². The molecule has 0 radical (unpaired) electrons. The minimum atomic E-state index is -0.373. The molecule has 1 aromatic carbocycles. The van der Waals surface area contributed by atoms with E-state index in [4.69, 9.17) is 0 Å². The van der Waals surface area contributed by atoms with Crippen molar-refractivity contribution >= 4 is 23.6 Å². The Hall–Kier alpha value is -2.46. The van der Waals surface area contributed by atoms with Crippen LogP contribution in [0.1, 0.15) is 0 Å². The molecule has 0 bridgehead atoms. The van der Waals surface area contributed by atoms with Crippen molar-refractivity contribution in [1.82, 2.24) is 24.6 Å². The highest BCUT2D eigenvalue weighted by Gasteiger charge is 2.26. The number of amides is 2. The van der Waals surface area contributed by atoms with Crippen LogP contribution in [0, 0.1) is 5.82 Å². The Morgan fingerprint density at radius 2 is 1.96 bits per heavy atom. The second-order valence-corrected chi connectivity index (χ2v) is 7.76. The fourth-order valence-corrected chi connectivity index (χ4v) is 3.80. The normalized spacial score (nSPS) is 14.9. The monoisotopic (exact) mass is 407 g/mol.